The number of pyridine rings is 1. The summed E-state index contributed by atoms with van der Waals surface area (Å²) >= 11 is 0. The number of aromatic nitrogens is 1. The molecule has 1 aromatic carbocycles. The van der Waals surface area contributed by atoms with Crippen LogP contribution in [0.25, 0.3) is 10.9 Å². The minimum Gasteiger partial charge on any atom is -0.497 e. The Kier molecular flexibility index (Phi) is 3.87. The number of fused-ring (bicyclic) bond motifs is 1. The fourth-order valence-electron chi connectivity index (χ4n) is 3.96. The molecule has 4 nitrogen and oxygen atoms in total. The zero-order valence-corrected chi connectivity index (χ0v) is 15.0. The van der Waals surface area contributed by atoms with Crippen LogP contribution in [-0.4, -0.2) is 48.7 Å². The SMILES string of the molecule is COc1ccc2nc(N3CCN(C(C)(C)C4CC4)CC3)ccc2c1. The molecule has 2 fully saturated rings. The summed E-state index contributed by atoms with van der Waals surface area (Å²) in [5, 5.41) is 1.13. The average Bonchev–Trinajstić information content (AvgIpc) is 3.46. The minimum atomic E-state index is 0.361. The van der Waals surface area contributed by atoms with Gasteiger partial charge in [-0.2, -0.15) is 0 Å². The van der Waals surface area contributed by atoms with Crippen LogP contribution in [0.2, 0.25) is 0 Å². The normalized spacial score (nSPS) is 19.7. The fraction of sp³-hybridized carbons (Fsp3) is 0.550. The molecule has 0 amide bonds. The number of nitrogens with zero attached hydrogens (tertiary/aromatic N) is 3. The Labute approximate surface area is 144 Å². The third-order valence-electron chi connectivity index (χ3n) is 5.88. The van der Waals surface area contributed by atoms with E-state index < -0.39 is 0 Å². The van der Waals surface area contributed by atoms with E-state index in [4.69, 9.17) is 9.72 Å². The van der Waals surface area contributed by atoms with Crippen molar-refractivity contribution in [1.82, 2.24) is 9.88 Å². The molecule has 0 N–H and O–H groups in total. The van der Waals surface area contributed by atoms with Gasteiger partial charge in [-0.3, -0.25) is 4.90 Å². The number of ether oxygens (including phenoxy) is 1. The topological polar surface area (TPSA) is 28.6 Å². The molecule has 0 unspecified atom stereocenters. The molecule has 4 heteroatoms. The monoisotopic (exact) mass is 325 g/mol. The summed E-state index contributed by atoms with van der Waals surface area (Å²) in [7, 11) is 1.70. The van der Waals surface area contributed by atoms with Crippen molar-refractivity contribution >= 4 is 16.7 Å². The van der Waals surface area contributed by atoms with Crippen LogP contribution in [0.5, 0.6) is 5.75 Å². The summed E-state index contributed by atoms with van der Waals surface area (Å²) in [6, 6.07) is 10.4. The predicted octanol–water partition coefficient (Wildman–Crippen LogP) is 3.55. The van der Waals surface area contributed by atoms with Crippen molar-refractivity contribution in [2.75, 3.05) is 38.2 Å². The lowest BCUT2D eigenvalue weighted by molar-refractivity contribution is 0.0918. The lowest BCUT2D eigenvalue weighted by Crippen LogP contribution is -2.55. The van der Waals surface area contributed by atoms with Crippen molar-refractivity contribution in [3.05, 3.63) is 30.3 Å². The molecule has 0 atom stereocenters. The quantitative estimate of drug-likeness (QED) is 0.859. The first kappa shape index (κ1) is 15.7. The number of methoxy groups -OCH3 is 1. The number of hydrogen-bond donors (Lipinski definition) is 0. The minimum absolute atomic E-state index is 0.361. The summed E-state index contributed by atoms with van der Waals surface area (Å²) in [5.74, 6) is 2.88. The average molecular weight is 325 g/mol. The molecule has 24 heavy (non-hydrogen) atoms. The second-order valence-electron chi connectivity index (χ2n) is 7.63. The van der Waals surface area contributed by atoms with E-state index in [1.165, 1.54) is 12.8 Å². The molecule has 128 valence electrons. The van der Waals surface area contributed by atoms with Crippen LogP contribution in [0.1, 0.15) is 26.7 Å². The van der Waals surface area contributed by atoms with Crippen LogP contribution in [0.3, 0.4) is 0 Å². The van der Waals surface area contributed by atoms with Crippen LogP contribution in [0.15, 0.2) is 30.3 Å². The van der Waals surface area contributed by atoms with Gasteiger partial charge < -0.3 is 9.64 Å². The number of rotatable bonds is 4. The third kappa shape index (κ3) is 2.84. The van der Waals surface area contributed by atoms with E-state index in [9.17, 15) is 0 Å². The molecule has 2 aromatic rings. The summed E-state index contributed by atoms with van der Waals surface area (Å²) in [6.07, 6.45) is 2.81. The largest absolute Gasteiger partial charge is 0.497 e. The van der Waals surface area contributed by atoms with Gasteiger partial charge in [0.25, 0.3) is 0 Å². The lowest BCUT2D eigenvalue weighted by Gasteiger charge is -2.44. The maximum Gasteiger partial charge on any atom is 0.129 e. The van der Waals surface area contributed by atoms with Gasteiger partial charge in [0.05, 0.1) is 12.6 Å². The molecule has 1 saturated carbocycles. The van der Waals surface area contributed by atoms with Gasteiger partial charge in [-0.05, 0) is 62.9 Å². The first-order chi connectivity index (χ1) is 11.6. The predicted molar refractivity (Wildman–Crippen MR) is 98.9 cm³/mol. The van der Waals surface area contributed by atoms with E-state index in [1.54, 1.807) is 7.11 Å². The zero-order valence-electron chi connectivity index (χ0n) is 15.0. The maximum atomic E-state index is 5.29. The fourth-order valence-corrected chi connectivity index (χ4v) is 3.96. The number of anilines is 1. The van der Waals surface area contributed by atoms with E-state index in [0.717, 1.165) is 54.6 Å². The highest BCUT2D eigenvalue weighted by Crippen LogP contribution is 2.43. The summed E-state index contributed by atoms with van der Waals surface area (Å²) < 4.78 is 5.29. The van der Waals surface area contributed by atoms with Gasteiger partial charge in [0.1, 0.15) is 11.6 Å². The van der Waals surface area contributed by atoms with Crippen molar-refractivity contribution in [3.8, 4) is 5.75 Å². The van der Waals surface area contributed by atoms with Crippen molar-refractivity contribution in [1.29, 1.82) is 0 Å². The summed E-state index contributed by atoms with van der Waals surface area (Å²) in [6.45, 7) is 9.22. The second kappa shape index (κ2) is 5.92. The Bertz CT molecular complexity index is 731. The second-order valence-corrected chi connectivity index (χ2v) is 7.63. The molecule has 2 heterocycles. The molecule has 1 aliphatic carbocycles. The van der Waals surface area contributed by atoms with Gasteiger partial charge in [0.2, 0.25) is 0 Å². The Morgan fingerprint density at radius 1 is 1.04 bits per heavy atom. The van der Waals surface area contributed by atoms with Gasteiger partial charge in [0, 0.05) is 37.1 Å². The van der Waals surface area contributed by atoms with E-state index in [1.807, 2.05) is 18.2 Å². The van der Waals surface area contributed by atoms with Crippen LogP contribution in [-0.2, 0) is 0 Å². The zero-order chi connectivity index (χ0) is 16.7. The Hall–Kier alpha value is -1.81. The molecule has 0 bridgehead atoms. The molecule has 1 aliphatic heterocycles. The van der Waals surface area contributed by atoms with Crippen molar-refractivity contribution in [3.63, 3.8) is 0 Å². The van der Waals surface area contributed by atoms with Gasteiger partial charge in [-0.15, -0.1) is 0 Å². The van der Waals surface area contributed by atoms with Gasteiger partial charge in [-0.1, -0.05) is 0 Å². The first-order valence-corrected chi connectivity index (χ1v) is 9.03. The smallest absolute Gasteiger partial charge is 0.129 e. The van der Waals surface area contributed by atoms with Gasteiger partial charge in [-0.25, -0.2) is 4.98 Å². The molecule has 1 saturated heterocycles. The van der Waals surface area contributed by atoms with Crippen LogP contribution in [0, 0.1) is 5.92 Å². The Morgan fingerprint density at radius 3 is 2.46 bits per heavy atom. The molecule has 1 aromatic heterocycles. The molecule has 0 radical (unpaired) electrons. The van der Waals surface area contributed by atoms with E-state index >= 15 is 0 Å². The van der Waals surface area contributed by atoms with E-state index in [2.05, 4.69) is 35.8 Å². The standard InChI is InChI=1S/C20H27N3O/c1-20(2,16-5-6-16)23-12-10-22(11-13-23)19-9-4-15-14-17(24-3)7-8-18(15)21-19/h4,7-9,14,16H,5-6,10-13H2,1-3H3. The molecular weight excluding hydrogens is 298 g/mol. The highest BCUT2D eigenvalue weighted by molar-refractivity contribution is 5.81. The molecular formula is C20H27N3O. The van der Waals surface area contributed by atoms with Crippen LogP contribution in [0.4, 0.5) is 5.82 Å². The van der Waals surface area contributed by atoms with E-state index in [0.29, 0.717) is 5.54 Å². The summed E-state index contributed by atoms with van der Waals surface area (Å²) in [4.78, 5) is 9.95. The molecule has 4 rings (SSSR count). The van der Waals surface area contributed by atoms with E-state index in [-0.39, 0.29) is 0 Å². The lowest BCUT2D eigenvalue weighted by atomic mass is 9.95. The van der Waals surface area contributed by atoms with Crippen LogP contribution < -0.4 is 9.64 Å². The highest BCUT2D eigenvalue weighted by atomic mass is 16.5. The maximum absolute atomic E-state index is 5.29. The highest BCUT2D eigenvalue weighted by Gasteiger charge is 2.42. The van der Waals surface area contributed by atoms with Gasteiger partial charge in [0.15, 0.2) is 0 Å². The number of hydrogen-bond acceptors (Lipinski definition) is 4. The van der Waals surface area contributed by atoms with Crippen molar-refractivity contribution < 1.29 is 4.74 Å². The van der Waals surface area contributed by atoms with Crippen molar-refractivity contribution in [2.24, 2.45) is 5.92 Å². The Morgan fingerprint density at radius 2 is 1.79 bits per heavy atom. The number of benzene rings is 1. The number of piperazine rings is 1. The summed E-state index contributed by atoms with van der Waals surface area (Å²) in [5.41, 5.74) is 1.40. The van der Waals surface area contributed by atoms with Crippen LogP contribution >= 0.6 is 0 Å². The molecule has 2 aliphatic rings. The van der Waals surface area contributed by atoms with Crippen molar-refractivity contribution in [2.45, 2.75) is 32.2 Å². The Balaban J connectivity index is 1.48. The van der Waals surface area contributed by atoms with Gasteiger partial charge >= 0.3 is 0 Å². The third-order valence-corrected chi connectivity index (χ3v) is 5.88. The first-order valence-electron chi connectivity index (χ1n) is 9.03. The molecule has 0 spiro atoms.